The molecular formula is C14H17N3O3S. The molecule has 0 radical (unpaired) electrons. The van der Waals surface area contributed by atoms with E-state index in [-0.39, 0.29) is 12.0 Å². The largest absolute Gasteiger partial charge is 0.495 e. The molecule has 1 saturated heterocycles. The van der Waals surface area contributed by atoms with Gasteiger partial charge in [-0.25, -0.2) is 0 Å². The summed E-state index contributed by atoms with van der Waals surface area (Å²) in [5.74, 6) is 0.405. The molecule has 1 amide bonds. The van der Waals surface area contributed by atoms with Crippen molar-refractivity contribution in [2.24, 2.45) is 0 Å². The first kappa shape index (κ1) is 14.1. The molecule has 1 fully saturated rings. The van der Waals surface area contributed by atoms with Crippen molar-refractivity contribution in [2.45, 2.75) is 25.5 Å². The van der Waals surface area contributed by atoms with E-state index >= 15 is 0 Å². The minimum atomic E-state index is -0.182. The summed E-state index contributed by atoms with van der Waals surface area (Å²) < 4.78 is 12.5. The number of thiophene rings is 1. The Morgan fingerprint density at radius 1 is 1.67 bits per heavy atom. The zero-order chi connectivity index (χ0) is 14.7. The van der Waals surface area contributed by atoms with Crippen molar-refractivity contribution in [3.8, 4) is 5.75 Å². The van der Waals surface area contributed by atoms with E-state index in [1.807, 2.05) is 11.6 Å². The first-order valence-corrected chi connectivity index (χ1v) is 7.71. The van der Waals surface area contributed by atoms with Gasteiger partial charge in [-0.1, -0.05) is 0 Å². The van der Waals surface area contributed by atoms with Crippen molar-refractivity contribution in [1.29, 1.82) is 0 Å². The Morgan fingerprint density at radius 2 is 2.57 bits per heavy atom. The Kier molecular flexibility index (Phi) is 4.21. The van der Waals surface area contributed by atoms with E-state index in [2.05, 4.69) is 10.4 Å². The molecule has 2 aromatic rings. The Labute approximate surface area is 126 Å². The topological polar surface area (TPSA) is 65.4 Å². The molecule has 1 atom stereocenters. The normalized spacial score (nSPS) is 17.9. The molecular weight excluding hydrogens is 290 g/mol. The Balaban J connectivity index is 1.62. The van der Waals surface area contributed by atoms with Crippen LogP contribution in [-0.4, -0.2) is 35.5 Å². The Morgan fingerprint density at radius 3 is 3.33 bits per heavy atom. The SMILES string of the molecule is COc1ccsc1C(=O)Nc1cnn(CC2CCCO2)c1. The third kappa shape index (κ3) is 3.25. The highest BCUT2D eigenvalue weighted by Crippen LogP contribution is 2.25. The molecule has 7 heteroatoms. The first-order chi connectivity index (χ1) is 10.3. The number of rotatable bonds is 5. The van der Waals surface area contributed by atoms with Gasteiger partial charge in [0.2, 0.25) is 0 Å². The van der Waals surface area contributed by atoms with Gasteiger partial charge in [-0.2, -0.15) is 5.10 Å². The van der Waals surface area contributed by atoms with Crippen LogP contribution in [0.1, 0.15) is 22.5 Å². The quantitative estimate of drug-likeness (QED) is 0.921. The summed E-state index contributed by atoms with van der Waals surface area (Å²) in [6, 6.07) is 1.78. The van der Waals surface area contributed by atoms with Crippen LogP contribution >= 0.6 is 11.3 Å². The lowest BCUT2D eigenvalue weighted by Gasteiger charge is -2.08. The molecule has 112 valence electrons. The van der Waals surface area contributed by atoms with Crippen LogP contribution in [0, 0.1) is 0 Å². The molecule has 1 aliphatic heterocycles. The molecule has 1 unspecified atom stereocenters. The number of nitrogens with zero attached hydrogens (tertiary/aromatic N) is 2. The molecule has 3 rings (SSSR count). The van der Waals surface area contributed by atoms with Gasteiger partial charge in [0.25, 0.3) is 5.91 Å². The first-order valence-electron chi connectivity index (χ1n) is 6.83. The highest BCUT2D eigenvalue weighted by atomic mass is 32.1. The summed E-state index contributed by atoms with van der Waals surface area (Å²) in [6.45, 7) is 1.55. The second-order valence-electron chi connectivity index (χ2n) is 4.86. The summed E-state index contributed by atoms with van der Waals surface area (Å²) in [5.41, 5.74) is 0.674. The Bertz CT molecular complexity index is 617. The zero-order valence-electron chi connectivity index (χ0n) is 11.7. The predicted molar refractivity (Wildman–Crippen MR) is 80.0 cm³/mol. The molecule has 0 aromatic carbocycles. The number of aromatic nitrogens is 2. The fourth-order valence-corrected chi connectivity index (χ4v) is 3.09. The third-order valence-electron chi connectivity index (χ3n) is 3.36. The van der Waals surface area contributed by atoms with Crippen LogP contribution in [0.15, 0.2) is 23.8 Å². The Hall–Kier alpha value is -1.86. The molecule has 6 nitrogen and oxygen atoms in total. The van der Waals surface area contributed by atoms with E-state index in [0.717, 1.165) is 26.0 Å². The third-order valence-corrected chi connectivity index (χ3v) is 4.26. The monoisotopic (exact) mass is 307 g/mol. The minimum Gasteiger partial charge on any atom is -0.495 e. The van der Waals surface area contributed by atoms with Gasteiger partial charge in [0.15, 0.2) is 0 Å². The van der Waals surface area contributed by atoms with Crippen LogP contribution in [0.25, 0.3) is 0 Å². The maximum absolute atomic E-state index is 12.2. The lowest BCUT2D eigenvalue weighted by molar-refractivity contribution is 0.0940. The minimum absolute atomic E-state index is 0.182. The van der Waals surface area contributed by atoms with Crippen molar-refractivity contribution in [2.75, 3.05) is 19.0 Å². The number of hydrogen-bond donors (Lipinski definition) is 1. The number of hydrogen-bond acceptors (Lipinski definition) is 5. The van der Waals surface area contributed by atoms with Crippen LogP contribution in [0.5, 0.6) is 5.75 Å². The van der Waals surface area contributed by atoms with E-state index < -0.39 is 0 Å². The fourth-order valence-electron chi connectivity index (χ4n) is 2.34. The van der Waals surface area contributed by atoms with Gasteiger partial charge in [-0.15, -0.1) is 11.3 Å². The number of methoxy groups -OCH3 is 1. The zero-order valence-corrected chi connectivity index (χ0v) is 12.6. The lowest BCUT2D eigenvalue weighted by atomic mass is 10.2. The van der Waals surface area contributed by atoms with E-state index in [1.54, 1.807) is 24.1 Å². The number of amides is 1. The van der Waals surface area contributed by atoms with Crippen molar-refractivity contribution in [3.63, 3.8) is 0 Å². The molecule has 0 aliphatic carbocycles. The summed E-state index contributed by atoms with van der Waals surface area (Å²) in [5, 5.41) is 8.91. The van der Waals surface area contributed by atoms with Crippen LogP contribution < -0.4 is 10.1 Å². The van der Waals surface area contributed by atoms with Gasteiger partial charge in [0.05, 0.1) is 31.6 Å². The van der Waals surface area contributed by atoms with Gasteiger partial charge in [0, 0.05) is 12.8 Å². The van der Waals surface area contributed by atoms with Gasteiger partial charge >= 0.3 is 0 Å². The maximum Gasteiger partial charge on any atom is 0.269 e. The number of carbonyl (C=O) groups excluding carboxylic acids is 1. The molecule has 2 aromatic heterocycles. The average molecular weight is 307 g/mol. The molecule has 0 spiro atoms. The predicted octanol–water partition coefficient (Wildman–Crippen LogP) is 2.38. The molecule has 1 aliphatic rings. The molecule has 0 saturated carbocycles. The molecule has 21 heavy (non-hydrogen) atoms. The van der Waals surface area contributed by atoms with E-state index in [9.17, 15) is 4.79 Å². The maximum atomic E-state index is 12.2. The molecule has 3 heterocycles. The highest BCUT2D eigenvalue weighted by Gasteiger charge is 2.17. The van der Waals surface area contributed by atoms with Gasteiger partial charge in [-0.3, -0.25) is 9.48 Å². The summed E-state index contributed by atoms with van der Waals surface area (Å²) in [7, 11) is 1.55. The van der Waals surface area contributed by atoms with E-state index in [4.69, 9.17) is 9.47 Å². The van der Waals surface area contributed by atoms with Crippen molar-refractivity contribution in [3.05, 3.63) is 28.7 Å². The van der Waals surface area contributed by atoms with Crippen molar-refractivity contribution in [1.82, 2.24) is 9.78 Å². The van der Waals surface area contributed by atoms with Gasteiger partial charge in [0.1, 0.15) is 10.6 Å². The van der Waals surface area contributed by atoms with Gasteiger partial charge in [-0.05, 0) is 24.3 Å². The summed E-state index contributed by atoms with van der Waals surface area (Å²) >= 11 is 1.35. The number of anilines is 1. The molecule has 0 bridgehead atoms. The lowest BCUT2D eigenvalue weighted by Crippen LogP contribution is -2.15. The number of carbonyl (C=O) groups is 1. The van der Waals surface area contributed by atoms with Crippen molar-refractivity contribution < 1.29 is 14.3 Å². The van der Waals surface area contributed by atoms with Crippen molar-refractivity contribution >= 4 is 22.9 Å². The number of nitrogens with one attached hydrogen (secondary N) is 1. The standard InChI is InChI=1S/C14H17N3O3S/c1-19-12-4-6-21-13(12)14(18)16-10-7-15-17(8-10)9-11-3-2-5-20-11/h4,6-8,11H,2-3,5,9H2,1H3,(H,16,18). The average Bonchev–Trinajstić information content (AvgIpc) is 3.20. The van der Waals surface area contributed by atoms with Crippen LogP contribution in [0.3, 0.4) is 0 Å². The van der Waals surface area contributed by atoms with Gasteiger partial charge < -0.3 is 14.8 Å². The second-order valence-corrected chi connectivity index (χ2v) is 5.77. The summed E-state index contributed by atoms with van der Waals surface area (Å²) in [4.78, 5) is 12.7. The van der Waals surface area contributed by atoms with Crippen LogP contribution in [0.2, 0.25) is 0 Å². The summed E-state index contributed by atoms with van der Waals surface area (Å²) in [6.07, 6.45) is 5.86. The molecule has 1 N–H and O–H groups in total. The highest BCUT2D eigenvalue weighted by molar-refractivity contribution is 7.12. The second kappa shape index (κ2) is 6.28. The van der Waals surface area contributed by atoms with Crippen LogP contribution in [0.4, 0.5) is 5.69 Å². The fraction of sp³-hybridized carbons (Fsp3) is 0.429. The van der Waals surface area contributed by atoms with E-state index in [0.29, 0.717) is 16.3 Å². The van der Waals surface area contributed by atoms with E-state index in [1.165, 1.54) is 11.3 Å². The smallest absolute Gasteiger partial charge is 0.269 e. The number of ether oxygens (including phenoxy) is 2. The van der Waals surface area contributed by atoms with Crippen LogP contribution in [-0.2, 0) is 11.3 Å².